The third-order valence-corrected chi connectivity index (χ3v) is 22.5. The van der Waals surface area contributed by atoms with Crippen LogP contribution in [0.3, 0.4) is 0 Å². The van der Waals surface area contributed by atoms with Gasteiger partial charge in [-0.15, -0.1) is 0 Å². The van der Waals surface area contributed by atoms with Gasteiger partial charge in [-0.3, -0.25) is 9.59 Å². The minimum Gasteiger partial charge on any atom is -0.508 e. The Balaban J connectivity index is 1.17. The molecule has 8 bridgehead atoms. The SMILES string of the molecule is CC(C)C(C)C1OC1C1(O)CC=CC2CC3C4=CC(=O)C5(CC(O)C(O)(CO)CC35C)C(O)SSCC3CCCC(CO)C35CCN(C5=O)c3cc(O)cc(c3)CCC23C1CCC43O. The molecule has 5 heterocycles. The molecule has 12 rings (SSSR count). The standard InChI is InChI=1S/C50H69NO11S2/c1-27(2)28(3)40-41(62-40)49(60)12-6-9-30-19-35-36-21-38(55)48(22-39(56)45(59,26-53)25-44(35,48)4)43(58)64-63-24-32-8-5-7-31(23-52)46(32)15-16-51(42(46)57)33-17-29(18-34(54)20-33)10-13-47(30)37(49)11-14-50(36,47)61/h6,9,17-18,20-21,27-28,30-32,35,37,39-41,43,52-54,56,58-61H,5,7-8,10-16,19,22-26H2,1-4H3. The van der Waals surface area contributed by atoms with E-state index in [4.69, 9.17) is 4.74 Å². The van der Waals surface area contributed by atoms with E-state index < -0.39 is 80.3 Å². The number of aliphatic hydroxyl groups excluding tert-OH is 4. The first-order valence-corrected chi connectivity index (χ1v) is 26.5. The highest BCUT2D eigenvalue weighted by Gasteiger charge is 2.78. The number of nitrogens with zero attached hydrogens (tertiary/aromatic N) is 1. The highest BCUT2D eigenvalue weighted by Crippen LogP contribution is 2.76. The van der Waals surface area contributed by atoms with Crippen molar-refractivity contribution in [1.29, 1.82) is 0 Å². The molecule has 17 atom stereocenters. The fourth-order valence-corrected chi connectivity index (χ4v) is 19.3. The van der Waals surface area contributed by atoms with Gasteiger partial charge in [-0.05, 0) is 141 Å². The molecule has 8 N–H and O–H groups in total. The molecule has 14 heteroatoms. The number of carbonyl (C=O) groups is 2. The minimum atomic E-state index is -1.98. The number of rotatable bonds is 5. The molecule has 17 unspecified atom stereocenters. The van der Waals surface area contributed by atoms with Crippen molar-refractivity contribution >= 4 is 39.0 Å². The molecule has 2 saturated heterocycles. The number of carbonyl (C=O) groups excluding carboxylic acids is 2. The largest absolute Gasteiger partial charge is 0.508 e. The summed E-state index contributed by atoms with van der Waals surface area (Å²) in [7, 11) is 2.53. The number of aryl methyl sites for hydroxylation is 1. The zero-order chi connectivity index (χ0) is 45.6. The van der Waals surface area contributed by atoms with E-state index in [9.17, 15) is 40.9 Å². The van der Waals surface area contributed by atoms with Crippen LogP contribution in [-0.4, -0.2) is 119 Å². The maximum Gasteiger partial charge on any atom is 0.233 e. The Morgan fingerprint density at radius 3 is 2.52 bits per heavy atom. The summed E-state index contributed by atoms with van der Waals surface area (Å²) < 4.78 is 6.46. The Morgan fingerprint density at radius 1 is 1.00 bits per heavy atom. The van der Waals surface area contributed by atoms with Crippen molar-refractivity contribution < 1.29 is 55.2 Å². The van der Waals surface area contributed by atoms with Crippen molar-refractivity contribution in [2.24, 2.45) is 63.1 Å². The van der Waals surface area contributed by atoms with Crippen LogP contribution in [0.2, 0.25) is 0 Å². The molecule has 0 aromatic heterocycles. The van der Waals surface area contributed by atoms with Gasteiger partial charge in [0, 0.05) is 42.0 Å². The second-order valence-electron chi connectivity index (χ2n) is 22.5. The fraction of sp³-hybridized carbons (Fsp3) is 0.760. The summed E-state index contributed by atoms with van der Waals surface area (Å²) in [5.74, 6) is -1.37. The lowest BCUT2D eigenvalue weighted by atomic mass is 9.38. The number of amides is 1. The highest BCUT2D eigenvalue weighted by molar-refractivity contribution is 8.76. The Kier molecular flexibility index (Phi) is 11.1. The molecule has 3 spiro atoms. The monoisotopic (exact) mass is 923 g/mol. The summed E-state index contributed by atoms with van der Waals surface area (Å²) in [6.07, 6.45) is 8.04. The number of phenolic OH excluding ortho intramolecular Hbond substituents is 1. The van der Waals surface area contributed by atoms with Crippen molar-refractivity contribution in [3.8, 4) is 5.75 Å². The zero-order valence-corrected chi connectivity index (χ0v) is 39.3. The molecule has 5 aliphatic heterocycles. The van der Waals surface area contributed by atoms with Gasteiger partial charge in [-0.25, -0.2) is 0 Å². The number of allylic oxidation sites excluding steroid dienone is 2. The van der Waals surface area contributed by atoms with Crippen molar-refractivity contribution in [3.05, 3.63) is 47.6 Å². The Hall–Kier alpha value is -1.98. The predicted molar refractivity (Wildman–Crippen MR) is 244 cm³/mol. The quantitative estimate of drug-likeness (QED) is 0.110. The number of ether oxygens (including phenoxy) is 1. The van der Waals surface area contributed by atoms with Gasteiger partial charge in [0.2, 0.25) is 5.91 Å². The van der Waals surface area contributed by atoms with E-state index in [-0.39, 0.29) is 67.3 Å². The molecule has 352 valence electrons. The summed E-state index contributed by atoms with van der Waals surface area (Å²) in [6, 6.07) is 5.31. The number of hydrogen-bond acceptors (Lipinski definition) is 13. The molecule has 1 amide bonds. The molecule has 0 radical (unpaired) electrons. The van der Waals surface area contributed by atoms with E-state index >= 15 is 9.59 Å². The molecule has 6 fully saturated rings. The van der Waals surface area contributed by atoms with Crippen molar-refractivity contribution in [2.75, 3.05) is 30.4 Å². The predicted octanol–water partition coefficient (Wildman–Crippen LogP) is 5.06. The van der Waals surface area contributed by atoms with Gasteiger partial charge in [0.05, 0.1) is 35.2 Å². The molecular formula is C50H69NO11S2. The number of epoxide rings is 1. The number of phenols is 1. The van der Waals surface area contributed by atoms with Crippen molar-refractivity contribution in [1.82, 2.24) is 0 Å². The van der Waals surface area contributed by atoms with Crippen LogP contribution in [0.5, 0.6) is 5.75 Å². The van der Waals surface area contributed by atoms with Crippen LogP contribution < -0.4 is 4.90 Å². The van der Waals surface area contributed by atoms with Crippen LogP contribution in [-0.2, 0) is 20.7 Å². The molecular weight excluding hydrogens is 855 g/mol. The van der Waals surface area contributed by atoms with Crippen LogP contribution in [0.1, 0.15) is 104 Å². The third kappa shape index (κ3) is 5.98. The normalized spacial score (nSPS) is 49.0. The van der Waals surface area contributed by atoms with Crippen LogP contribution in [0.4, 0.5) is 5.69 Å². The summed E-state index contributed by atoms with van der Waals surface area (Å²) in [6.45, 7) is 7.86. The van der Waals surface area contributed by atoms with Gasteiger partial charge in [-0.1, -0.05) is 67.9 Å². The zero-order valence-electron chi connectivity index (χ0n) is 37.7. The van der Waals surface area contributed by atoms with E-state index in [1.165, 1.54) is 10.8 Å². The Morgan fingerprint density at radius 2 is 1.78 bits per heavy atom. The number of aliphatic hydroxyl groups is 7. The second kappa shape index (κ2) is 15.5. The fourth-order valence-electron chi connectivity index (χ4n) is 16.2. The average molecular weight is 924 g/mol. The summed E-state index contributed by atoms with van der Waals surface area (Å²) >= 11 is 0. The van der Waals surface area contributed by atoms with Crippen LogP contribution in [0, 0.1) is 63.1 Å². The number of aromatic hydroxyl groups is 1. The molecule has 64 heavy (non-hydrogen) atoms. The first kappa shape index (κ1) is 45.8. The topological polar surface area (TPSA) is 212 Å². The first-order chi connectivity index (χ1) is 30.3. The number of fused-ring (bicyclic) bond motifs is 1. The average Bonchev–Trinajstić information content (AvgIpc) is 3.93. The van der Waals surface area contributed by atoms with Crippen molar-refractivity contribution in [2.45, 2.75) is 145 Å². The summed E-state index contributed by atoms with van der Waals surface area (Å²) in [5.41, 5.74) is -9.26. The van der Waals surface area contributed by atoms with E-state index in [0.29, 0.717) is 74.4 Å². The number of hydrogen-bond donors (Lipinski definition) is 8. The van der Waals surface area contributed by atoms with Crippen LogP contribution in [0.25, 0.3) is 0 Å². The maximum absolute atomic E-state index is 15.5. The number of benzene rings is 1. The van der Waals surface area contributed by atoms with Crippen LogP contribution in [0.15, 0.2) is 42.0 Å². The van der Waals surface area contributed by atoms with Crippen LogP contribution >= 0.6 is 21.6 Å². The van der Waals surface area contributed by atoms with Gasteiger partial charge in [0.1, 0.15) is 28.5 Å². The first-order valence-electron chi connectivity index (χ1n) is 24.1. The van der Waals surface area contributed by atoms with Gasteiger partial charge >= 0.3 is 0 Å². The minimum absolute atomic E-state index is 0.0151. The smallest absolute Gasteiger partial charge is 0.233 e. The highest BCUT2D eigenvalue weighted by atomic mass is 33.1. The number of ketones is 1. The van der Waals surface area contributed by atoms with E-state index in [0.717, 1.165) is 29.2 Å². The number of anilines is 1. The van der Waals surface area contributed by atoms with Gasteiger partial charge in [-0.2, -0.15) is 0 Å². The van der Waals surface area contributed by atoms with Crippen molar-refractivity contribution in [3.63, 3.8) is 0 Å². The molecule has 12 nitrogen and oxygen atoms in total. The molecule has 6 aliphatic carbocycles. The second-order valence-corrected chi connectivity index (χ2v) is 25.0. The van der Waals surface area contributed by atoms with Gasteiger partial charge < -0.3 is 50.5 Å². The van der Waals surface area contributed by atoms with E-state index in [1.807, 2.05) is 19.1 Å². The summed E-state index contributed by atoms with van der Waals surface area (Å²) in [4.78, 5) is 32.3. The maximum atomic E-state index is 15.5. The lowest BCUT2D eigenvalue weighted by Crippen LogP contribution is -2.72. The Labute approximate surface area is 384 Å². The Bertz CT molecular complexity index is 2140. The van der Waals surface area contributed by atoms with E-state index in [2.05, 4.69) is 26.8 Å². The third-order valence-electron chi connectivity index (χ3n) is 19.9. The molecule has 1 aromatic carbocycles. The molecule has 1 aromatic rings. The van der Waals surface area contributed by atoms with Gasteiger partial charge in [0.15, 0.2) is 5.78 Å². The summed E-state index contributed by atoms with van der Waals surface area (Å²) in [5, 5.41) is 96.7. The molecule has 4 saturated carbocycles. The molecule has 11 aliphatic rings. The van der Waals surface area contributed by atoms with Gasteiger partial charge in [0.25, 0.3) is 0 Å². The lowest BCUT2D eigenvalue weighted by molar-refractivity contribution is -0.235. The van der Waals surface area contributed by atoms with E-state index in [1.54, 1.807) is 23.1 Å². The lowest BCUT2D eigenvalue weighted by Gasteiger charge is -2.68.